The minimum atomic E-state index is -4.46. The monoisotopic (exact) mass is 445 g/mol. The largest absolute Gasteiger partial charge is 0.492 e. The van der Waals surface area contributed by atoms with Crippen LogP contribution in [0.1, 0.15) is 42.4 Å². The number of halogens is 3. The lowest BCUT2D eigenvalue weighted by Gasteiger charge is -2.38. The maximum atomic E-state index is 13.7. The number of carboxylic acid groups (broad SMARTS) is 1. The van der Waals surface area contributed by atoms with Crippen LogP contribution >= 0.6 is 0 Å². The molecule has 0 radical (unpaired) electrons. The van der Waals surface area contributed by atoms with Gasteiger partial charge in [-0.25, -0.2) is 0 Å². The van der Waals surface area contributed by atoms with Crippen molar-refractivity contribution < 1.29 is 27.8 Å². The van der Waals surface area contributed by atoms with Crippen molar-refractivity contribution >= 4 is 17.6 Å². The first-order valence-corrected chi connectivity index (χ1v) is 10.8. The number of benzene rings is 2. The van der Waals surface area contributed by atoms with Crippen LogP contribution in [0.3, 0.4) is 0 Å². The minimum Gasteiger partial charge on any atom is -0.492 e. The summed E-state index contributed by atoms with van der Waals surface area (Å²) in [6.07, 6.45) is -0.702. The lowest BCUT2D eigenvalue weighted by Crippen LogP contribution is -2.43. The van der Waals surface area contributed by atoms with Gasteiger partial charge in [-0.05, 0) is 62.2 Å². The molecule has 0 atom stereocenters. The second-order valence-corrected chi connectivity index (χ2v) is 8.59. The summed E-state index contributed by atoms with van der Waals surface area (Å²) < 4.78 is 47.0. The van der Waals surface area contributed by atoms with Crippen LogP contribution in [0, 0.1) is 0 Å². The van der Waals surface area contributed by atoms with Gasteiger partial charge in [0, 0.05) is 17.4 Å². The summed E-state index contributed by atoms with van der Waals surface area (Å²) in [6, 6.07) is 13.2. The Morgan fingerprint density at radius 3 is 2.50 bits per heavy atom. The summed E-state index contributed by atoms with van der Waals surface area (Å²) in [5, 5.41) is 8.80. The maximum absolute atomic E-state index is 13.7. The number of likely N-dealkylation sites (tertiary alicyclic amines) is 1. The molecule has 2 aliphatic rings. The number of ether oxygens (including phenoxy) is 1. The molecular formula is C25H26F3NO3. The van der Waals surface area contributed by atoms with Gasteiger partial charge in [0.25, 0.3) is 0 Å². The van der Waals surface area contributed by atoms with Gasteiger partial charge in [-0.3, -0.25) is 4.79 Å². The lowest BCUT2D eigenvalue weighted by atomic mass is 9.74. The third-order valence-electron chi connectivity index (χ3n) is 6.46. The van der Waals surface area contributed by atoms with E-state index < -0.39 is 17.7 Å². The highest BCUT2D eigenvalue weighted by Gasteiger charge is 2.43. The topological polar surface area (TPSA) is 49.8 Å². The molecule has 170 valence electrons. The van der Waals surface area contributed by atoms with Gasteiger partial charge in [0.05, 0.1) is 12.2 Å². The molecule has 0 bridgehead atoms. The predicted octanol–water partition coefficient (Wildman–Crippen LogP) is 5.38. The first-order chi connectivity index (χ1) is 15.3. The van der Waals surface area contributed by atoms with Crippen LogP contribution in [0.4, 0.5) is 13.2 Å². The molecule has 0 unspecified atom stereocenters. The number of hydrogen-bond acceptors (Lipinski definition) is 3. The third kappa shape index (κ3) is 4.83. The van der Waals surface area contributed by atoms with Crippen LogP contribution in [0.15, 0.2) is 48.5 Å². The van der Waals surface area contributed by atoms with E-state index in [9.17, 15) is 18.0 Å². The molecule has 1 N–H and O–H groups in total. The van der Waals surface area contributed by atoms with Gasteiger partial charge in [-0.15, -0.1) is 0 Å². The number of alkyl halides is 3. The number of piperidine rings is 1. The highest BCUT2D eigenvalue weighted by atomic mass is 19.4. The number of carbonyl (C=O) groups is 1. The molecular weight excluding hydrogens is 419 g/mol. The molecule has 1 spiro atoms. The van der Waals surface area contributed by atoms with E-state index in [1.807, 2.05) is 6.07 Å². The molecule has 4 rings (SSSR count). The molecule has 2 aliphatic heterocycles. The fraction of sp³-hybridized carbons (Fsp3) is 0.400. The zero-order valence-electron chi connectivity index (χ0n) is 17.7. The molecule has 2 aromatic rings. The normalized spacial score (nSPS) is 18.4. The van der Waals surface area contributed by atoms with Crippen molar-refractivity contribution in [1.82, 2.24) is 4.90 Å². The van der Waals surface area contributed by atoms with Crippen LogP contribution in [0.25, 0.3) is 11.6 Å². The number of allylic oxidation sites excluding steroid dienone is 1. The Morgan fingerprint density at radius 2 is 1.84 bits per heavy atom. The van der Waals surface area contributed by atoms with E-state index >= 15 is 0 Å². The van der Waals surface area contributed by atoms with Crippen LogP contribution in [-0.2, 0) is 10.2 Å². The van der Waals surface area contributed by atoms with E-state index in [4.69, 9.17) is 9.84 Å². The zero-order chi connectivity index (χ0) is 22.8. The lowest BCUT2D eigenvalue weighted by molar-refractivity contribution is -0.137. The van der Waals surface area contributed by atoms with Gasteiger partial charge in [-0.2, -0.15) is 13.2 Å². The van der Waals surface area contributed by atoms with E-state index in [0.29, 0.717) is 24.3 Å². The molecule has 0 amide bonds. The van der Waals surface area contributed by atoms with Crippen molar-refractivity contribution in [3.8, 4) is 5.75 Å². The quantitative estimate of drug-likeness (QED) is 0.607. The van der Waals surface area contributed by atoms with E-state index in [0.717, 1.165) is 38.0 Å². The van der Waals surface area contributed by atoms with E-state index in [-0.39, 0.29) is 17.4 Å². The van der Waals surface area contributed by atoms with E-state index in [1.165, 1.54) is 18.2 Å². The summed E-state index contributed by atoms with van der Waals surface area (Å²) in [7, 11) is 0. The number of nitrogens with zero attached hydrogens (tertiary/aromatic N) is 1. The average Bonchev–Trinajstić information content (AvgIpc) is 3.10. The smallest absolute Gasteiger partial charge is 0.417 e. The highest BCUT2D eigenvalue weighted by molar-refractivity contribution is 5.84. The molecule has 32 heavy (non-hydrogen) atoms. The van der Waals surface area contributed by atoms with E-state index in [2.05, 4.69) is 4.90 Å². The minimum absolute atomic E-state index is 0.118. The first kappa shape index (κ1) is 22.4. The second kappa shape index (κ2) is 8.98. The Bertz CT molecular complexity index is 993. The molecule has 0 saturated carbocycles. The highest BCUT2D eigenvalue weighted by Crippen LogP contribution is 2.46. The Hall–Kier alpha value is -2.80. The van der Waals surface area contributed by atoms with Gasteiger partial charge in [-0.1, -0.05) is 42.5 Å². The van der Waals surface area contributed by atoms with Gasteiger partial charge in [0.2, 0.25) is 0 Å². The Balaban J connectivity index is 1.51. The fourth-order valence-electron chi connectivity index (χ4n) is 4.67. The summed E-state index contributed by atoms with van der Waals surface area (Å²) in [5.74, 6) is -0.116. The number of aliphatic carboxylic acids is 1. The summed E-state index contributed by atoms with van der Waals surface area (Å²) in [5.41, 5.74) is 0.859. The van der Waals surface area contributed by atoms with Crippen molar-refractivity contribution in [2.24, 2.45) is 0 Å². The summed E-state index contributed by atoms with van der Waals surface area (Å²) in [4.78, 5) is 13.0. The van der Waals surface area contributed by atoms with Crippen molar-refractivity contribution in [3.05, 3.63) is 65.2 Å². The van der Waals surface area contributed by atoms with E-state index in [1.54, 1.807) is 30.3 Å². The number of carboxylic acids is 1. The van der Waals surface area contributed by atoms with Gasteiger partial charge >= 0.3 is 12.1 Å². The SMILES string of the molecule is O=C(O)CCCN1CCC2(CC1)COc1cc(/C=C(/c3ccccc3)C(F)(F)F)ccc12. The average molecular weight is 445 g/mol. The van der Waals surface area contributed by atoms with Crippen LogP contribution in [0.2, 0.25) is 0 Å². The van der Waals surface area contributed by atoms with Gasteiger partial charge < -0.3 is 14.7 Å². The van der Waals surface area contributed by atoms with Crippen molar-refractivity contribution in [1.29, 1.82) is 0 Å². The molecule has 7 heteroatoms. The molecule has 0 aliphatic carbocycles. The standard InChI is InChI=1S/C25H26F3NO3/c26-25(27,28)21(19-5-2-1-3-6-19)15-18-8-9-20-22(16-18)32-17-24(20)10-13-29(14-11-24)12-4-7-23(30)31/h1-3,5-6,8-9,15-16H,4,7,10-14,17H2,(H,30,31)/b21-15-. The Kier molecular flexibility index (Phi) is 6.29. The summed E-state index contributed by atoms with van der Waals surface area (Å²) >= 11 is 0. The molecule has 2 aromatic carbocycles. The van der Waals surface area contributed by atoms with Crippen LogP contribution < -0.4 is 4.74 Å². The Labute approximate surface area is 185 Å². The number of fused-ring (bicyclic) bond motifs is 2. The van der Waals surface area contributed by atoms with Crippen molar-refractivity contribution in [2.45, 2.75) is 37.3 Å². The molecule has 4 nitrogen and oxygen atoms in total. The number of hydrogen-bond donors (Lipinski definition) is 1. The maximum Gasteiger partial charge on any atom is 0.417 e. The van der Waals surface area contributed by atoms with Crippen LogP contribution in [0.5, 0.6) is 5.75 Å². The number of rotatable bonds is 6. The van der Waals surface area contributed by atoms with Crippen molar-refractivity contribution in [2.75, 3.05) is 26.2 Å². The summed E-state index contributed by atoms with van der Waals surface area (Å²) in [6.45, 7) is 3.01. The molecule has 2 heterocycles. The van der Waals surface area contributed by atoms with Crippen molar-refractivity contribution in [3.63, 3.8) is 0 Å². The third-order valence-corrected chi connectivity index (χ3v) is 6.46. The molecule has 0 aromatic heterocycles. The van der Waals surface area contributed by atoms with Gasteiger partial charge in [0.1, 0.15) is 5.75 Å². The fourth-order valence-corrected chi connectivity index (χ4v) is 4.67. The zero-order valence-corrected chi connectivity index (χ0v) is 17.7. The second-order valence-electron chi connectivity index (χ2n) is 8.59. The van der Waals surface area contributed by atoms with Crippen LogP contribution in [-0.4, -0.2) is 48.4 Å². The predicted molar refractivity (Wildman–Crippen MR) is 117 cm³/mol. The molecule has 1 fully saturated rings. The molecule has 1 saturated heterocycles. The van der Waals surface area contributed by atoms with Gasteiger partial charge in [0.15, 0.2) is 0 Å². The first-order valence-electron chi connectivity index (χ1n) is 10.8. The Morgan fingerprint density at radius 1 is 1.12 bits per heavy atom.